The van der Waals surface area contributed by atoms with Crippen molar-refractivity contribution in [2.75, 3.05) is 5.73 Å². The van der Waals surface area contributed by atoms with Crippen LogP contribution in [-0.4, -0.2) is 30.3 Å². The number of nitrogens with one attached hydrogen (secondary N) is 1. The predicted molar refractivity (Wildman–Crippen MR) is 65.0 cm³/mol. The first-order valence-electron chi connectivity index (χ1n) is 4.87. The summed E-state index contributed by atoms with van der Waals surface area (Å²) in [6.07, 6.45) is 1.64. The molecule has 0 aliphatic rings. The fraction of sp³-hybridized carbons (Fsp3) is 0. The molecule has 0 aromatic carbocycles. The molecule has 0 unspecified atom stereocenters. The van der Waals surface area contributed by atoms with E-state index in [0.717, 1.165) is 4.47 Å². The zero-order valence-corrected chi connectivity index (χ0v) is 10.4. The number of anilines is 1. The molecule has 3 aromatic rings. The average Bonchev–Trinajstić information content (AvgIpc) is 2.98. The van der Waals surface area contributed by atoms with E-state index in [4.69, 9.17) is 10.3 Å². The van der Waals surface area contributed by atoms with Gasteiger partial charge in [0.2, 0.25) is 17.6 Å². The van der Waals surface area contributed by atoms with E-state index in [2.05, 4.69) is 46.2 Å². The lowest BCUT2D eigenvalue weighted by atomic mass is 10.3. The van der Waals surface area contributed by atoms with Gasteiger partial charge in [-0.1, -0.05) is 5.16 Å². The molecule has 3 rings (SSSR count). The predicted octanol–water partition coefficient (Wildman–Crippen LogP) is 1.26. The third-order valence-corrected chi connectivity index (χ3v) is 2.74. The Morgan fingerprint density at radius 3 is 2.94 bits per heavy atom. The normalized spacial score (nSPS) is 10.7. The zero-order chi connectivity index (χ0) is 12.5. The van der Waals surface area contributed by atoms with E-state index >= 15 is 0 Å². The van der Waals surface area contributed by atoms with Gasteiger partial charge in [-0.05, 0) is 28.1 Å². The van der Waals surface area contributed by atoms with E-state index < -0.39 is 0 Å². The lowest BCUT2D eigenvalue weighted by molar-refractivity contribution is 0.429. The average molecular weight is 308 g/mol. The van der Waals surface area contributed by atoms with Gasteiger partial charge >= 0.3 is 0 Å². The van der Waals surface area contributed by atoms with Crippen LogP contribution < -0.4 is 5.73 Å². The number of nitrogens with two attached hydrogens (primary N) is 1. The number of H-pyrrole nitrogens is 1. The highest BCUT2D eigenvalue weighted by molar-refractivity contribution is 9.10. The van der Waals surface area contributed by atoms with Crippen molar-refractivity contribution in [1.29, 1.82) is 0 Å². The van der Waals surface area contributed by atoms with Gasteiger partial charge in [-0.3, -0.25) is 10.1 Å². The fourth-order valence-corrected chi connectivity index (χ4v) is 1.77. The first-order valence-corrected chi connectivity index (χ1v) is 5.66. The molecule has 3 N–H and O–H groups in total. The minimum absolute atomic E-state index is 0.115. The fourth-order valence-electron chi connectivity index (χ4n) is 1.34. The number of hydrogen-bond acceptors (Lipinski definition) is 7. The van der Waals surface area contributed by atoms with Gasteiger partial charge in [0.05, 0.1) is 0 Å². The van der Waals surface area contributed by atoms with Gasteiger partial charge in [-0.25, -0.2) is 0 Å². The van der Waals surface area contributed by atoms with Crippen LogP contribution in [-0.2, 0) is 0 Å². The number of hydrogen-bond donors (Lipinski definition) is 2. The lowest BCUT2D eigenvalue weighted by Crippen LogP contribution is -1.87. The van der Waals surface area contributed by atoms with E-state index in [9.17, 15) is 0 Å². The van der Waals surface area contributed by atoms with Crippen molar-refractivity contribution >= 4 is 21.9 Å². The number of rotatable bonds is 2. The molecule has 0 amide bonds. The highest BCUT2D eigenvalue weighted by atomic mass is 79.9. The minimum atomic E-state index is 0.115. The van der Waals surface area contributed by atoms with Crippen LogP contribution in [0, 0.1) is 0 Å². The summed E-state index contributed by atoms with van der Waals surface area (Å²) >= 11 is 3.36. The van der Waals surface area contributed by atoms with E-state index in [1.54, 1.807) is 12.3 Å². The molecule has 0 spiro atoms. The van der Waals surface area contributed by atoms with Gasteiger partial charge < -0.3 is 10.3 Å². The van der Waals surface area contributed by atoms with Crippen molar-refractivity contribution in [1.82, 2.24) is 30.3 Å². The molecule has 8 nitrogen and oxygen atoms in total. The second-order valence-electron chi connectivity index (χ2n) is 3.30. The van der Waals surface area contributed by atoms with Gasteiger partial charge in [-0.15, -0.1) is 5.10 Å². The smallest absolute Gasteiger partial charge is 0.295 e. The monoisotopic (exact) mass is 307 g/mol. The number of aromatic nitrogens is 6. The summed E-state index contributed by atoms with van der Waals surface area (Å²) in [5.41, 5.74) is 5.98. The third kappa shape index (κ3) is 1.84. The Hall–Kier alpha value is -2.29. The summed E-state index contributed by atoms with van der Waals surface area (Å²) in [5.74, 6) is 0.987. The van der Waals surface area contributed by atoms with Gasteiger partial charge in [0.15, 0.2) is 0 Å². The molecule has 3 heterocycles. The molecule has 0 radical (unpaired) electrons. The highest BCUT2D eigenvalue weighted by Crippen LogP contribution is 2.24. The number of pyridine rings is 1. The van der Waals surface area contributed by atoms with Crippen LogP contribution in [0.3, 0.4) is 0 Å². The van der Waals surface area contributed by atoms with E-state index in [1.807, 2.05) is 6.07 Å². The quantitative estimate of drug-likeness (QED) is 0.731. The molecule has 0 saturated heterocycles. The summed E-state index contributed by atoms with van der Waals surface area (Å²) in [5, 5.41) is 10.1. The highest BCUT2D eigenvalue weighted by Gasteiger charge is 2.16. The minimum Gasteiger partial charge on any atom is -0.366 e. The van der Waals surface area contributed by atoms with Gasteiger partial charge in [0, 0.05) is 10.7 Å². The molecule has 18 heavy (non-hydrogen) atoms. The maximum Gasteiger partial charge on any atom is 0.295 e. The largest absolute Gasteiger partial charge is 0.366 e. The lowest BCUT2D eigenvalue weighted by Gasteiger charge is -1.94. The third-order valence-electron chi connectivity index (χ3n) is 2.10. The van der Waals surface area contributed by atoms with Gasteiger partial charge in [0.25, 0.3) is 5.89 Å². The Bertz CT molecular complexity index is 692. The van der Waals surface area contributed by atoms with Crippen molar-refractivity contribution in [3.8, 4) is 23.2 Å². The Labute approximate surface area is 109 Å². The van der Waals surface area contributed by atoms with Gasteiger partial charge in [-0.2, -0.15) is 9.97 Å². The molecule has 0 atom stereocenters. The molecule has 0 fully saturated rings. The Kier molecular flexibility index (Phi) is 2.52. The van der Waals surface area contributed by atoms with Crippen LogP contribution in [0.4, 0.5) is 5.95 Å². The first kappa shape index (κ1) is 10.8. The standard InChI is InChI=1S/C9H6BrN7O/c10-4-2-1-3-12-5(4)6-13-8(18-17-6)7-14-9(11)16-15-7/h1-3H,(H3,11,14,15,16). The molecule has 0 aliphatic heterocycles. The van der Waals surface area contributed by atoms with Crippen LogP contribution in [0.5, 0.6) is 0 Å². The molecular weight excluding hydrogens is 302 g/mol. The molecule has 0 saturated carbocycles. The van der Waals surface area contributed by atoms with E-state index in [1.165, 1.54) is 0 Å². The zero-order valence-electron chi connectivity index (χ0n) is 8.83. The Balaban J connectivity index is 2.02. The summed E-state index contributed by atoms with van der Waals surface area (Å²) in [6, 6.07) is 3.64. The molecule has 0 aliphatic carbocycles. The molecule has 90 valence electrons. The second kappa shape index (κ2) is 4.18. The number of nitrogen functional groups attached to an aromatic ring is 1. The molecule has 9 heteroatoms. The maximum atomic E-state index is 5.39. The summed E-state index contributed by atoms with van der Waals surface area (Å²) in [7, 11) is 0. The van der Waals surface area contributed by atoms with Crippen molar-refractivity contribution < 1.29 is 4.52 Å². The Morgan fingerprint density at radius 2 is 2.22 bits per heavy atom. The van der Waals surface area contributed by atoms with E-state index in [-0.39, 0.29) is 11.8 Å². The second-order valence-corrected chi connectivity index (χ2v) is 4.15. The topological polar surface area (TPSA) is 119 Å². The van der Waals surface area contributed by atoms with Crippen molar-refractivity contribution in [2.24, 2.45) is 0 Å². The number of nitrogens with zero attached hydrogens (tertiary/aromatic N) is 5. The van der Waals surface area contributed by atoms with Crippen LogP contribution in [0.25, 0.3) is 23.2 Å². The van der Waals surface area contributed by atoms with Crippen LogP contribution in [0.15, 0.2) is 27.3 Å². The summed E-state index contributed by atoms with van der Waals surface area (Å²) in [6.45, 7) is 0. The number of aromatic amines is 1. The molecule has 0 bridgehead atoms. The van der Waals surface area contributed by atoms with Crippen molar-refractivity contribution in [3.05, 3.63) is 22.8 Å². The summed E-state index contributed by atoms with van der Waals surface area (Å²) < 4.78 is 5.83. The van der Waals surface area contributed by atoms with Crippen molar-refractivity contribution in [3.63, 3.8) is 0 Å². The van der Waals surface area contributed by atoms with Crippen LogP contribution in [0.1, 0.15) is 0 Å². The molecule has 3 aromatic heterocycles. The number of halogens is 1. The molecular formula is C9H6BrN7O. The van der Waals surface area contributed by atoms with Crippen LogP contribution in [0.2, 0.25) is 0 Å². The van der Waals surface area contributed by atoms with Crippen LogP contribution >= 0.6 is 15.9 Å². The maximum absolute atomic E-state index is 5.39. The summed E-state index contributed by atoms with van der Waals surface area (Å²) in [4.78, 5) is 12.2. The SMILES string of the molecule is Nc1n[nH]c(-c2nc(-c3ncccc3Br)no2)n1. The van der Waals surface area contributed by atoms with Crippen molar-refractivity contribution in [2.45, 2.75) is 0 Å². The van der Waals surface area contributed by atoms with Gasteiger partial charge in [0.1, 0.15) is 5.69 Å². The van der Waals surface area contributed by atoms with E-state index in [0.29, 0.717) is 17.3 Å². The first-order chi connectivity index (χ1) is 8.74. The Morgan fingerprint density at radius 1 is 1.33 bits per heavy atom.